The highest BCUT2D eigenvalue weighted by molar-refractivity contribution is 5.96. The number of methoxy groups -OCH3 is 1. The van der Waals surface area contributed by atoms with Crippen LogP contribution in [0.15, 0.2) is 0 Å². The van der Waals surface area contributed by atoms with E-state index in [0.717, 1.165) is 0 Å². The highest BCUT2D eigenvalue weighted by Gasteiger charge is 2.20. The van der Waals surface area contributed by atoms with Gasteiger partial charge in [0.1, 0.15) is 0 Å². The smallest absolute Gasteiger partial charge is 0.321 e. The maximum Gasteiger partial charge on any atom is 0.321 e. The van der Waals surface area contributed by atoms with Gasteiger partial charge in [0.25, 0.3) is 0 Å². The van der Waals surface area contributed by atoms with Crippen molar-refractivity contribution in [2.24, 2.45) is 0 Å². The molecule has 0 aromatic rings. The molecule has 0 fully saturated rings. The lowest BCUT2D eigenvalue weighted by molar-refractivity contribution is -0.141. The number of nitrogens with one attached hydrogen (secondary N) is 2. The number of amides is 3. The molecule has 2 N–H and O–H groups in total. The van der Waals surface area contributed by atoms with Crippen molar-refractivity contribution in [3.8, 4) is 0 Å². The zero-order chi connectivity index (χ0) is 13.4. The van der Waals surface area contributed by atoms with Crippen molar-refractivity contribution in [3.63, 3.8) is 0 Å². The first-order valence-electron chi connectivity index (χ1n) is 5.22. The lowest BCUT2D eigenvalue weighted by Crippen LogP contribution is -2.48. The van der Waals surface area contributed by atoms with Crippen LogP contribution in [0, 0.1) is 0 Å². The molecule has 0 spiro atoms. The Morgan fingerprint density at radius 2 is 1.94 bits per heavy atom. The van der Waals surface area contributed by atoms with Crippen LogP contribution in [0.1, 0.15) is 13.3 Å². The largest absolute Gasteiger partial charge is 0.469 e. The molecule has 7 heteroatoms. The average molecular weight is 245 g/mol. The molecule has 0 heterocycles. The van der Waals surface area contributed by atoms with Gasteiger partial charge >= 0.3 is 12.0 Å². The highest BCUT2D eigenvalue weighted by Crippen LogP contribution is 1.98. The lowest BCUT2D eigenvalue weighted by atomic mass is 10.2. The number of ether oxygens (including phenoxy) is 1. The van der Waals surface area contributed by atoms with Crippen molar-refractivity contribution >= 4 is 17.9 Å². The maximum absolute atomic E-state index is 11.5. The number of carbonyl (C=O) groups excluding carboxylic acids is 3. The standard InChI is InChI=1S/C10H19N3O4/c1-7(9(15)12-10(16)11-2)13(3)6-5-8(14)17-4/h7H,5-6H2,1-4H3,(H2,11,12,15,16). The van der Waals surface area contributed by atoms with Gasteiger partial charge in [-0.05, 0) is 14.0 Å². The molecule has 1 unspecified atom stereocenters. The van der Waals surface area contributed by atoms with Crippen LogP contribution in [0.5, 0.6) is 0 Å². The summed E-state index contributed by atoms with van der Waals surface area (Å²) < 4.78 is 4.49. The van der Waals surface area contributed by atoms with E-state index >= 15 is 0 Å². The lowest BCUT2D eigenvalue weighted by Gasteiger charge is -2.22. The van der Waals surface area contributed by atoms with Gasteiger partial charge < -0.3 is 10.1 Å². The van der Waals surface area contributed by atoms with Gasteiger partial charge in [0.2, 0.25) is 5.91 Å². The molecule has 17 heavy (non-hydrogen) atoms. The molecule has 98 valence electrons. The Labute approximate surface area is 100 Å². The molecule has 0 aliphatic carbocycles. The molecule has 0 bridgehead atoms. The summed E-state index contributed by atoms with van der Waals surface area (Å²) >= 11 is 0. The molecule has 0 aliphatic heterocycles. The number of rotatable bonds is 5. The molecule has 0 saturated carbocycles. The fraction of sp³-hybridized carbons (Fsp3) is 0.700. The second-order valence-corrected chi connectivity index (χ2v) is 3.55. The quantitative estimate of drug-likeness (QED) is 0.627. The minimum atomic E-state index is -0.553. The Bertz CT molecular complexity index is 293. The Kier molecular flexibility index (Phi) is 6.88. The second kappa shape index (κ2) is 7.61. The highest BCUT2D eigenvalue weighted by atomic mass is 16.5. The monoisotopic (exact) mass is 245 g/mol. The van der Waals surface area contributed by atoms with Crippen LogP contribution in [0.3, 0.4) is 0 Å². The summed E-state index contributed by atoms with van der Waals surface area (Å²) in [6, 6.07) is -1.06. The summed E-state index contributed by atoms with van der Waals surface area (Å²) in [5, 5.41) is 4.45. The normalized spacial score (nSPS) is 11.8. The van der Waals surface area contributed by atoms with Crippen LogP contribution in [-0.2, 0) is 14.3 Å². The molecule has 3 amide bonds. The van der Waals surface area contributed by atoms with Crippen molar-refractivity contribution in [3.05, 3.63) is 0 Å². The first kappa shape index (κ1) is 15.4. The van der Waals surface area contributed by atoms with Crippen molar-refractivity contribution in [1.82, 2.24) is 15.5 Å². The number of carbonyl (C=O) groups is 3. The summed E-state index contributed by atoms with van der Waals surface area (Å²) in [6.07, 6.45) is 0.199. The summed E-state index contributed by atoms with van der Waals surface area (Å²) in [4.78, 5) is 35.0. The number of imide groups is 1. The Hall–Kier alpha value is -1.63. The van der Waals surface area contributed by atoms with Crippen LogP contribution in [-0.4, -0.2) is 56.6 Å². The fourth-order valence-corrected chi connectivity index (χ4v) is 1.04. The number of nitrogens with zero attached hydrogens (tertiary/aromatic N) is 1. The first-order valence-corrected chi connectivity index (χ1v) is 5.22. The van der Waals surface area contributed by atoms with Crippen LogP contribution >= 0.6 is 0 Å². The molecule has 0 saturated heterocycles. The van der Waals surface area contributed by atoms with E-state index < -0.39 is 18.0 Å². The number of likely N-dealkylation sites (N-methyl/N-ethyl adjacent to an activating group) is 1. The van der Waals surface area contributed by atoms with Crippen molar-refractivity contribution in [1.29, 1.82) is 0 Å². The van der Waals surface area contributed by atoms with E-state index in [1.54, 1.807) is 18.9 Å². The van der Waals surface area contributed by atoms with Crippen LogP contribution in [0.4, 0.5) is 4.79 Å². The molecule has 0 radical (unpaired) electrons. The molecular weight excluding hydrogens is 226 g/mol. The predicted molar refractivity (Wildman–Crippen MR) is 61.3 cm³/mol. The molecule has 1 atom stereocenters. The van der Waals surface area contributed by atoms with Gasteiger partial charge in [0.15, 0.2) is 0 Å². The Morgan fingerprint density at radius 3 is 2.41 bits per heavy atom. The Balaban J connectivity index is 4.11. The molecule has 0 aromatic carbocycles. The van der Waals surface area contributed by atoms with Crippen LogP contribution in [0.25, 0.3) is 0 Å². The molecular formula is C10H19N3O4. The summed E-state index contributed by atoms with van der Waals surface area (Å²) in [6.45, 7) is 2.03. The van der Waals surface area contributed by atoms with E-state index in [4.69, 9.17) is 0 Å². The third-order valence-corrected chi connectivity index (χ3v) is 2.40. The van der Waals surface area contributed by atoms with Crippen molar-refractivity contribution in [2.75, 3.05) is 27.7 Å². The van der Waals surface area contributed by atoms with Gasteiger partial charge in [-0.15, -0.1) is 0 Å². The molecule has 0 rings (SSSR count). The first-order chi connectivity index (χ1) is 7.92. The Morgan fingerprint density at radius 1 is 1.35 bits per heavy atom. The van der Waals surface area contributed by atoms with E-state index in [1.807, 2.05) is 0 Å². The van der Waals surface area contributed by atoms with Crippen LogP contribution < -0.4 is 10.6 Å². The van der Waals surface area contributed by atoms with Crippen molar-refractivity contribution < 1.29 is 19.1 Å². The summed E-state index contributed by atoms with van der Waals surface area (Å²) in [5.41, 5.74) is 0. The SMILES string of the molecule is CNC(=O)NC(=O)C(C)N(C)CCC(=O)OC. The fourth-order valence-electron chi connectivity index (χ4n) is 1.04. The second-order valence-electron chi connectivity index (χ2n) is 3.55. The topological polar surface area (TPSA) is 87.7 Å². The predicted octanol–water partition coefficient (Wildman–Crippen LogP) is -0.675. The van der Waals surface area contributed by atoms with Gasteiger partial charge in [0, 0.05) is 13.6 Å². The van der Waals surface area contributed by atoms with E-state index in [2.05, 4.69) is 15.4 Å². The number of hydrogen-bond donors (Lipinski definition) is 2. The van der Waals surface area contributed by atoms with E-state index in [0.29, 0.717) is 6.54 Å². The third-order valence-electron chi connectivity index (χ3n) is 2.40. The zero-order valence-corrected chi connectivity index (χ0v) is 10.6. The molecule has 7 nitrogen and oxygen atoms in total. The zero-order valence-electron chi connectivity index (χ0n) is 10.6. The van der Waals surface area contributed by atoms with E-state index in [9.17, 15) is 14.4 Å². The van der Waals surface area contributed by atoms with E-state index in [1.165, 1.54) is 14.2 Å². The van der Waals surface area contributed by atoms with Gasteiger partial charge in [-0.1, -0.05) is 0 Å². The van der Waals surface area contributed by atoms with Crippen molar-refractivity contribution in [2.45, 2.75) is 19.4 Å². The minimum Gasteiger partial charge on any atom is -0.469 e. The van der Waals surface area contributed by atoms with Gasteiger partial charge in [-0.25, -0.2) is 4.79 Å². The number of esters is 1. The molecule has 0 aromatic heterocycles. The van der Waals surface area contributed by atoms with Gasteiger partial charge in [-0.2, -0.15) is 0 Å². The average Bonchev–Trinajstić information content (AvgIpc) is 2.33. The van der Waals surface area contributed by atoms with E-state index in [-0.39, 0.29) is 12.4 Å². The van der Waals surface area contributed by atoms with Crippen LogP contribution in [0.2, 0.25) is 0 Å². The summed E-state index contributed by atoms with van der Waals surface area (Å²) in [5.74, 6) is -0.757. The molecule has 0 aliphatic rings. The minimum absolute atomic E-state index is 0.199. The summed E-state index contributed by atoms with van der Waals surface area (Å²) in [7, 11) is 4.43. The van der Waals surface area contributed by atoms with Gasteiger partial charge in [-0.3, -0.25) is 19.8 Å². The number of hydrogen-bond acceptors (Lipinski definition) is 5. The maximum atomic E-state index is 11.5. The third kappa shape index (κ3) is 5.86. The number of urea groups is 1. The van der Waals surface area contributed by atoms with Gasteiger partial charge in [0.05, 0.1) is 19.6 Å².